The highest BCUT2D eigenvalue weighted by molar-refractivity contribution is 6.35. The Hall–Kier alpha value is -2.95. The van der Waals surface area contributed by atoms with Crippen LogP contribution >= 0.6 is 0 Å². The molecule has 2 aromatic carbocycles. The molecule has 1 saturated carbocycles. The number of carbonyl (C=O) groups excluding carboxylic acids is 3. The second-order valence-electron chi connectivity index (χ2n) is 9.77. The summed E-state index contributed by atoms with van der Waals surface area (Å²) >= 11 is 0. The standard InChI is InChI=1S/C27H31NO4/c1-15(2)20-10-7-17(4)13-24(20)32-27(31)19-9-11-21-22(14-19)26(30)28(25(21)29)23-12-16(3)6-8-18(23)5/h6,8-9,11-12,14-15,17,20,24H,7,10,13H2,1-5H3/t17-,20+,24-/m0/s1. The summed E-state index contributed by atoms with van der Waals surface area (Å²) in [6.45, 7) is 10.3. The summed E-state index contributed by atoms with van der Waals surface area (Å²) in [4.78, 5) is 40.4. The first-order valence-corrected chi connectivity index (χ1v) is 11.5. The molecule has 1 aliphatic heterocycles. The van der Waals surface area contributed by atoms with E-state index in [-0.39, 0.29) is 17.6 Å². The Kier molecular flexibility index (Phi) is 5.93. The molecule has 0 N–H and O–H groups in total. The van der Waals surface area contributed by atoms with E-state index in [9.17, 15) is 14.4 Å². The molecule has 0 unspecified atom stereocenters. The van der Waals surface area contributed by atoms with E-state index in [1.807, 2.05) is 32.0 Å². The van der Waals surface area contributed by atoms with Gasteiger partial charge in [-0.05, 0) is 79.8 Å². The first-order chi connectivity index (χ1) is 15.2. The van der Waals surface area contributed by atoms with Crippen LogP contribution in [0, 0.1) is 31.6 Å². The zero-order valence-electron chi connectivity index (χ0n) is 19.5. The molecule has 2 amide bonds. The number of hydrogen-bond donors (Lipinski definition) is 0. The van der Waals surface area contributed by atoms with Crippen LogP contribution in [-0.2, 0) is 4.74 Å². The Morgan fingerprint density at radius 2 is 1.72 bits per heavy atom. The quantitative estimate of drug-likeness (QED) is 0.457. The molecule has 1 fully saturated rings. The molecule has 3 atom stereocenters. The molecule has 0 spiro atoms. The fourth-order valence-corrected chi connectivity index (χ4v) is 5.00. The Balaban J connectivity index is 1.60. The first-order valence-electron chi connectivity index (χ1n) is 11.5. The number of rotatable bonds is 4. The average Bonchev–Trinajstić information content (AvgIpc) is 2.99. The van der Waals surface area contributed by atoms with Crippen LogP contribution < -0.4 is 4.90 Å². The molecule has 1 aliphatic carbocycles. The molecule has 5 heteroatoms. The SMILES string of the molecule is Cc1ccc(C)c(N2C(=O)c3ccc(C(=O)O[C@H]4C[C@@H](C)CC[C@@H]4C(C)C)cc3C2=O)c1. The van der Waals surface area contributed by atoms with Gasteiger partial charge in [-0.15, -0.1) is 0 Å². The number of imide groups is 1. The average molecular weight is 434 g/mol. The van der Waals surface area contributed by atoms with Gasteiger partial charge >= 0.3 is 5.97 Å². The van der Waals surface area contributed by atoms with Gasteiger partial charge < -0.3 is 4.74 Å². The molecule has 0 radical (unpaired) electrons. The number of aryl methyl sites for hydroxylation is 2. The van der Waals surface area contributed by atoms with Crippen LogP contribution in [0.15, 0.2) is 36.4 Å². The number of nitrogens with zero attached hydrogens (tertiary/aromatic N) is 1. The van der Waals surface area contributed by atoms with Crippen molar-refractivity contribution in [3.8, 4) is 0 Å². The zero-order chi connectivity index (χ0) is 23.2. The number of amides is 2. The number of anilines is 1. The number of benzene rings is 2. The summed E-state index contributed by atoms with van der Waals surface area (Å²) in [6, 6.07) is 10.4. The van der Waals surface area contributed by atoms with Crippen molar-refractivity contribution in [1.82, 2.24) is 0 Å². The maximum Gasteiger partial charge on any atom is 0.338 e. The number of hydrogen-bond acceptors (Lipinski definition) is 4. The van der Waals surface area contributed by atoms with E-state index < -0.39 is 11.9 Å². The smallest absolute Gasteiger partial charge is 0.338 e. The van der Waals surface area contributed by atoms with Crippen molar-refractivity contribution in [2.75, 3.05) is 4.90 Å². The van der Waals surface area contributed by atoms with Gasteiger partial charge in [0.2, 0.25) is 0 Å². The Morgan fingerprint density at radius 3 is 2.44 bits per heavy atom. The number of carbonyl (C=O) groups is 3. The highest BCUT2D eigenvalue weighted by atomic mass is 16.5. The lowest BCUT2D eigenvalue weighted by Gasteiger charge is -2.36. The van der Waals surface area contributed by atoms with E-state index in [0.29, 0.717) is 34.6 Å². The minimum atomic E-state index is -0.428. The molecule has 5 nitrogen and oxygen atoms in total. The zero-order valence-corrected chi connectivity index (χ0v) is 19.5. The van der Waals surface area contributed by atoms with Crippen LogP contribution in [0.25, 0.3) is 0 Å². The second-order valence-corrected chi connectivity index (χ2v) is 9.77. The van der Waals surface area contributed by atoms with Crippen molar-refractivity contribution < 1.29 is 19.1 Å². The predicted molar refractivity (Wildman–Crippen MR) is 124 cm³/mol. The van der Waals surface area contributed by atoms with Gasteiger partial charge in [-0.1, -0.05) is 39.3 Å². The minimum absolute atomic E-state index is 0.122. The highest BCUT2D eigenvalue weighted by Gasteiger charge is 2.39. The summed E-state index contributed by atoms with van der Waals surface area (Å²) in [5.74, 6) is 0.105. The Morgan fingerprint density at radius 1 is 1.00 bits per heavy atom. The van der Waals surface area contributed by atoms with Crippen molar-refractivity contribution in [2.24, 2.45) is 17.8 Å². The molecule has 2 aromatic rings. The first kappa shape index (κ1) is 22.3. The summed E-state index contributed by atoms with van der Waals surface area (Å²) in [6.07, 6.45) is 2.94. The molecule has 2 aliphatic rings. The maximum absolute atomic E-state index is 13.2. The summed E-state index contributed by atoms with van der Waals surface area (Å²) in [5, 5.41) is 0. The Bertz CT molecular complexity index is 1090. The van der Waals surface area contributed by atoms with E-state index in [4.69, 9.17) is 4.74 Å². The lowest BCUT2D eigenvalue weighted by atomic mass is 9.75. The second kappa shape index (κ2) is 8.53. The molecule has 32 heavy (non-hydrogen) atoms. The molecule has 0 aromatic heterocycles. The molecule has 0 saturated heterocycles. The third-order valence-electron chi connectivity index (χ3n) is 6.95. The van der Waals surface area contributed by atoms with E-state index in [0.717, 1.165) is 30.4 Å². The van der Waals surface area contributed by atoms with Crippen LogP contribution in [0.4, 0.5) is 5.69 Å². The van der Waals surface area contributed by atoms with Gasteiger partial charge in [0.25, 0.3) is 11.8 Å². The lowest BCUT2D eigenvalue weighted by Crippen LogP contribution is -2.35. The largest absolute Gasteiger partial charge is 0.458 e. The normalized spacial score (nSPS) is 22.9. The highest BCUT2D eigenvalue weighted by Crippen LogP contribution is 2.36. The van der Waals surface area contributed by atoms with Crippen LogP contribution in [0.5, 0.6) is 0 Å². The van der Waals surface area contributed by atoms with Crippen molar-refractivity contribution in [1.29, 1.82) is 0 Å². The molecule has 4 rings (SSSR count). The van der Waals surface area contributed by atoms with Crippen LogP contribution in [-0.4, -0.2) is 23.9 Å². The topological polar surface area (TPSA) is 63.7 Å². The molecule has 1 heterocycles. The summed E-state index contributed by atoms with van der Waals surface area (Å²) in [7, 11) is 0. The van der Waals surface area contributed by atoms with Gasteiger partial charge in [0, 0.05) is 0 Å². The van der Waals surface area contributed by atoms with E-state index in [2.05, 4.69) is 20.8 Å². The summed E-state index contributed by atoms with van der Waals surface area (Å²) in [5.41, 5.74) is 3.27. The minimum Gasteiger partial charge on any atom is -0.458 e. The number of ether oxygens (including phenoxy) is 1. The van der Waals surface area contributed by atoms with Crippen molar-refractivity contribution in [2.45, 2.75) is 60.0 Å². The fourth-order valence-electron chi connectivity index (χ4n) is 5.00. The van der Waals surface area contributed by atoms with Crippen molar-refractivity contribution in [3.05, 3.63) is 64.2 Å². The molecular formula is C27H31NO4. The van der Waals surface area contributed by atoms with Gasteiger partial charge in [-0.3, -0.25) is 9.59 Å². The van der Waals surface area contributed by atoms with Crippen molar-refractivity contribution in [3.63, 3.8) is 0 Å². The van der Waals surface area contributed by atoms with Gasteiger partial charge in [0.15, 0.2) is 0 Å². The monoisotopic (exact) mass is 433 g/mol. The molecule has 168 valence electrons. The number of esters is 1. The van der Waals surface area contributed by atoms with E-state index in [1.165, 1.54) is 11.0 Å². The number of fused-ring (bicyclic) bond motifs is 1. The van der Waals surface area contributed by atoms with Crippen molar-refractivity contribution >= 4 is 23.5 Å². The molecular weight excluding hydrogens is 402 g/mol. The lowest BCUT2D eigenvalue weighted by molar-refractivity contribution is -0.0174. The third kappa shape index (κ3) is 3.96. The van der Waals surface area contributed by atoms with Crippen LogP contribution in [0.2, 0.25) is 0 Å². The van der Waals surface area contributed by atoms with Crippen LogP contribution in [0.3, 0.4) is 0 Å². The van der Waals surface area contributed by atoms with Gasteiger partial charge in [-0.25, -0.2) is 9.69 Å². The van der Waals surface area contributed by atoms with Crippen LogP contribution in [0.1, 0.15) is 82.2 Å². The van der Waals surface area contributed by atoms with Gasteiger partial charge in [0.05, 0.1) is 22.4 Å². The maximum atomic E-state index is 13.2. The Labute approximate surface area is 189 Å². The third-order valence-corrected chi connectivity index (χ3v) is 6.95. The van der Waals surface area contributed by atoms with Gasteiger partial charge in [-0.2, -0.15) is 0 Å². The predicted octanol–water partition coefficient (Wildman–Crippen LogP) is 5.72. The fraction of sp³-hybridized carbons (Fsp3) is 0.444. The van der Waals surface area contributed by atoms with Gasteiger partial charge in [0.1, 0.15) is 6.10 Å². The van der Waals surface area contributed by atoms with E-state index >= 15 is 0 Å². The van der Waals surface area contributed by atoms with E-state index in [1.54, 1.807) is 12.1 Å². The summed E-state index contributed by atoms with van der Waals surface area (Å²) < 4.78 is 5.94. The molecule has 0 bridgehead atoms.